The van der Waals surface area contributed by atoms with E-state index in [1.54, 1.807) is 0 Å². The van der Waals surface area contributed by atoms with Crippen molar-refractivity contribution in [2.24, 2.45) is 22.7 Å². The van der Waals surface area contributed by atoms with Gasteiger partial charge in [0.1, 0.15) is 0 Å². The first kappa shape index (κ1) is 15.4. The first-order chi connectivity index (χ1) is 8.89. The van der Waals surface area contributed by atoms with Crippen LogP contribution in [-0.2, 0) is 0 Å². The van der Waals surface area contributed by atoms with Crippen LogP contribution in [0.3, 0.4) is 0 Å². The highest BCUT2D eigenvalue weighted by Crippen LogP contribution is 2.40. The van der Waals surface area contributed by atoms with Crippen molar-refractivity contribution in [3.63, 3.8) is 0 Å². The maximum atomic E-state index is 3.79. The molecule has 0 atom stereocenters. The van der Waals surface area contributed by atoms with Crippen LogP contribution in [-0.4, -0.2) is 13.1 Å². The second-order valence-electron chi connectivity index (χ2n) is 8.73. The van der Waals surface area contributed by atoms with E-state index in [1.807, 2.05) is 0 Å². The SMILES string of the molecule is CC1(CNCC2CCC(C(C)(C)C)CC2)CCCC1. The zero-order chi connectivity index (χ0) is 13.9. The second kappa shape index (κ2) is 6.16. The molecule has 2 rings (SSSR count). The van der Waals surface area contributed by atoms with Crippen molar-refractivity contribution in [2.75, 3.05) is 13.1 Å². The molecular weight excluding hydrogens is 230 g/mol. The Morgan fingerprint density at radius 3 is 2.11 bits per heavy atom. The van der Waals surface area contributed by atoms with Gasteiger partial charge >= 0.3 is 0 Å². The largest absolute Gasteiger partial charge is 0.316 e. The van der Waals surface area contributed by atoms with Crippen molar-refractivity contribution in [1.29, 1.82) is 0 Å². The van der Waals surface area contributed by atoms with Gasteiger partial charge in [0.05, 0.1) is 0 Å². The average molecular weight is 265 g/mol. The van der Waals surface area contributed by atoms with Crippen LogP contribution >= 0.6 is 0 Å². The highest BCUT2D eigenvalue weighted by atomic mass is 14.9. The van der Waals surface area contributed by atoms with E-state index in [-0.39, 0.29) is 0 Å². The lowest BCUT2D eigenvalue weighted by Gasteiger charge is -2.37. The molecule has 1 nitrogen and oxygen atoms in total. The summed E-state index contributed by atoms with van der Waals surface area (Å²) >= 11 is 0. The molecule has 1 N–H and O–H groups in total. The predicted octanol–water partition coefficient (Wildman–Crippen LogP) is 5.01. The van der Waals surface area contributed by atoms with Gasteiger partial charge in [-0.3, -0.25) is 0 Å². The summed E-state index contributed by atoms with van der Waals surface area (Å²) in [5.74, 6) is 1.90. The van der Waals surface area contributed by atoms with Crippen molar-refractivity contribution in [1.82, 2.24) is 5.32 Å². The minimum absolute atomic E-state index is 0.524. The normalized spacial score (nSPS) is 31.6. The minimum Gasteiger partial charge on any atom is -0.316 e. The summed E-state index contributed by atoms with van der Waals surface area (Å²) in [6.45, 7) is 12.2. The molecule has 0 unspecified atom stereocenters. The molecule has 0 amide bonds. The number of hydrogen-bond donors (Lipinski definition) is 1. The predicted molar refractivity (Wildman–Crippen MR) is 84.3 cm³/mol. The van der Waals surface area contributed by atoms with Crippen molar-refractivity contribution < 1.29 is 0 Å². The van der Waals surface area contributed by atoms with Crippen LogP contribution in [0.25, 0.3) is 0 Å². The Labute approximate surface area is 120 Å². The smallest absolute Gasteiger partial charge is 0.000527 e. The molecule has 0 aromatic heterocycles. The first-order valence-corrected chi connectivity index (χ1v) is 8.60. The standard InChI is InChI=1S/C18H35N/c1-17(2,3)16-9-7-15(8-10-16)13-19-14-18(4)11-5-6-12-18/h15-16,19H,5-14H2,1-4H3. The van der Waals surface area contributed by atoms with Gasteiger partial charge in [-0.2, -0.15) is 0 Å². The van der Waals surface area contributed by atoms with Gasteiger partial charge in [0.25, 0.3) is 0 Å². The van der Waals surface area contributed by atoms with Crippen LogP contribution in [0.2, 0.25) is 0 Å². The molecule has 112 valence electrons. The van der Waals surface area contributed by atoms with Gasteiger partial charge < -0.3 is 5.32 Å². The molecular formula is C18H35N. The van der Waals surface area contributed by atoms with E-state index in [0.29, 0.717) is 10.8 Å². The molecule has 2 aliphatic rings. The Hall–Kier alpha value is -0.0400. The van der Waals surface area contributed by atoms with Gasteiger partial charge in [-0.1, -0.05) is 40.5 Å². The molecule has 19 heavy (non-hydrogen) atoms. The fourth-order valence-corrected chi connectivity index (χ4v) is 4.22. The Balaban J connectivity index is 1.63. The van der Waals surface area contributed by atoms with Crippen molar-refractivity contribution >= 4 is 0 Å². The summed E-state index contributed by atoms with van der Waals surface area (Å²) in [6, 6.07) is 0. The maximum Gasteiger partial charge on any atom is 0.000527 e. The van der Waals surface area contributed by atoms with Crippen LogP contribution in [0.15, 0.2) is 0 Å². The zero-order valence-electron chi connectivity index (χ0n) is 13.7. The minimum atomic E-state index is 0.524. The van der Waals surface area contributed by atoms with Gasteiger partial charge in [-0.25, -0.2) is 0 Å². The van der Waals surface area contributed by atoms with Gasteiger partial charge in [-0.05, 0) is 67.7 Å². The molecule has 0 spiro atoms. The van der Waals surface area contributed by atoms with E-state index >= 15 is 0 Å². The summed E-state index contributed by atoms with van der Waals surface area (Å²) in [5, 5.41) is 3.79. The highest BCUT2D eigenvalue weighted by molar-refractivity contribution is 4.84. The third-order valence-corrected chi connectivity index (χ3v) is 5.87. The first-order valence-electron chi connectivity index (χ1n) is 8.60. The lowest BCUT2D eigenvalue weighted by atomic mass is 9.70. The summed E-state index contributed by atoms with van der Waals surface area (Å²) in [7, 11) is 0. The lowest BCUT2D eigenvalue weighted by Crippen LogP contribution is -2.35. The van der Waals surface area contributed by atoms with E-state index in [0.717, 1.165) is 11.8 Å². The Morgan fingerprint density at radius 1 is 1.00 bits per heavy atom. The van der Waals surface area contributed by atoms with E-state index in [1.165, 1.54) is 64.5 Å². The summed E-state index contributed by atoms with van der Waals surface area (Å²) in [6.07, 6.45) is 11.6. The lowest BCUT2D eigenvalue weighted by molar-refractivity contribution is 0.147. The molecule has 0 aromatic rings. The summed E-state index contributed by atoms with van der Waals surface area (Å²) in [4.78, 5) is 0. The highest BCUT2D eigenvalue weighted by Gasteiger charge is 2.31. The van der Waals surface area contributed by atoms with Gasteiger partial charge in [0, 0.05) is 6.54 Å². The summed E-state index contributed by atoms with van der Waals surface area (Å²) in [5.41, 5.74) is 1.14. The fraction of sp³-hybridized carbons (Fsp3) is 1.00. The van der Waals surface area contributed by atoms with E-state index in [4.69, 9.17) is 0 Å². The number of nitrogens with one attached hydrogen (secondary N) is 1. The molecule has 0 aliphatic heterocycles. The second-order valence-corrected chi connectivity index (χ2v) is 8.73. The van der Waals surface area contributed by atoms with Crippen LogP contribution in [0.1, 0.15) is 79.1 Å². The average Bonchev–Trinajstić information content (AvgIpc) is 2.76. The Kier molecular flexibility index (Phi) is 4.98. The van der Waals surface area contributed by atoms with E-state index < -0.39 is 0 Å². The molecule has 0 heterocycles. The van der Waals surface area contributed by atoms with Crippen molar-refractivity contribution in [3.05, 3.63) is 0 Å². The summed E-state index contributed by atoms with van der Waals surface area (Å²) < 4.78 is 0. The molecule has 0 bridgehead atoms. The third-order valence-electron chi connectivity index (χ3n) is 5.87. The van der Waals surface area contributed by atoms with Gasteiger partial charge in [-0.15, -0.1) is 0 Å². The van der Waals surface area contributed by atoms with E-state index in [9.17, 15) is 0 Å². The van der Waals surface area contributed by atoms with Crippen LogP contribution in [0.5, 0.6) is 0 Å². The maximum absolute atomic E-state index is 3.79. The van der Waals surface area contributed by atoms with Crippen molar-refractivity contribution in [2.45, 2.75) is 79.1 Å². The van der Waals surface area contributed by atoms with Gasteiger partial charge in [0.15, 0.2) is 0 Å². The van der Waals surface area contributed by atoms with E-state index in [2.05, 4.69) is 33.0 Å². The van der Waals surface area contributed by atoms with Crippen LogP contribution in [0, 0.1) is 22.7 Å². The molecule has 0 aromatic carbocycles. The molecule has 2 saturated carbocycles. The number of hydrogen-bond acceptors (Lipinski definition) is 1. The topological polar surface area (TPSA) is 12.0 Å². The molecule has 2 fully saturated rings. The molecule has 2 aliphatic carbocycles. The number of rotatable bonds is 4. The zero-order valence-corrected chi connectivity index (χ0v) is 13.7. The third kappa shape index (κ3) is 4.48. The monoisotopic (exact) mass is 265 g/mol. The molecule has 0 saturated heterocycles. The Bertz CT molecular complexity index is 262. The van der Waals surface area contributed by atoms with Gasteiger partial charge in [0.2, 0.25) is 0 Å². The Morgan fingerprint density at radius 2 is 1.58 bits per heavy atom. The fourth-order valence-electron chi connectivity index (χ4n) is 4.22. The van der Waals surface area contributed by atoms with Crippen LogP contribution < -0.4 is 5.32 Å². The molecule has 1 heteroatoms. The van der Waals surface area contributed by atoms with Crippen LogP contribution in [0.4, 0.5) is 0 Å². The quantitative estimate of drug-likeness (QED) is 0.753. The molecule has 0 radical (unpaired) electrons. The van der Waals surface area contributed by atoms with Crippen molar-refractivity contribution in [3.8, 4) is 0 Å².